The van der Waals surface area contributed by atoms with E-state index in [1.165, 1.54) is 17.7 Å². The minimum atomic E-state index is -0.391. The van der Waals surface area contributed by atoms with Crippen LogP contribution < -0.4 is 10.1 Å². The smallest absolute Gasteiger partial charge is 0.256 e. The van der Waals surface area contributed by atoms with E-state index in [1.54, 1.807) is 35.1 Å². The van der Waals surface area contributed by atoms with Crippen LogP contribution in [0, 0.1) is 5.82 Å². The van der Waals surface area contributed by atoms with Gasteiger partial charge < -0.3 is 10.1 Å². The van der Waals surface area contributed by atoms with Gasteiger partial charge in [0.2, 0.25) is 0 Å². The van der Waals surface area contributed by atoms with Gasteiger partial charge in [-0.05, 0) is 58.5 Å². The van der Waals surface area contributed by atoms with Crippen LogP contribution in [0.2, 0.25) is 5.02 Å². The highest BCUT2D eigenvalue weighted by molar-refractivity contribution is 6.31. The number of anilines is 1. The molecule has 0 unspecified atom stereocenters. The average Bonchev–Trinajstić information content (AvgIpc) is 3.26. The van der Waals surface area contributed by atoms with Gasteiger partial charge in [0, 0.05) is 22.8 Å². The predicted molar refractivity (Wildman–Crippen MR) is 137 cm³/mol. The lowest BCUT2D eigenvalue weighted by molar-refractivity contribution is 0.102. The molecule has 0 atom stereocenters. The molecule has 0 aliphatic rings. The number of nitrogens with one attached hydrogen (secondary N) is 1. The molecule has 0 aliphatic carbocycles. The summed E-state index contributed by atoms with van der Waals surface area (Å²) in [6.07, 6.45) is 1.73. The Morgan fingerprint density at radius 3 is 2.54 bits per heavy atom. The summed E-state index contributed by atoms with van der Waals surface area (Å²) in [7, 11) is 0. The number of hydrogen-bond acceptors (Lipinski definition) is 3. The summed E-state index contributed by atoms with van der Waals surface area (Å²) in [5.41, 5.74) is 3.45. The zero-order chi connectivity index (χ0) is 25.0. The van der Waals surface area contributed by atoms with E-state index in [4.69, 9.17) is 16.3 Å². The van der Waals surface area contributed by atoms with Crippen LogP contribution in [0.5, 0.6) is 5.75 Å². The first kappa shape index (κ1) is 24.5. The lowest BCUT2D eigenvalue weighted by Gasteiger charge is -2.19. The SMILES string of the molecule is CC(C)(C)c1ccc(OCc2cccc(C(=O)Nc3ccn(Cc4ccc(F)cc4Cl)n3)c2)cc1. The summed E-state index contributed by atoms with van der Waals surface area (Å²) < 4.78 is 20.8. The van der Waals surface area contributed by atoms with Gasteiger partial charge in [-0.15, -0.1) is 0 Å². The Morgan fingerprint density at radius 2 is 1.83 bits per heavy atom. The van der Waals surface area contributed by atoms with E-state index in [-0.39, 0.29) is 11.3 Å². The first-order chi connectivity index (χ1) is 16.7. The Bertz CT molecular complexity index is 1330. The number of aromatic nitrogens is 2. The minimum absolute atomic E-state index is 0.0874. The fourth-order valence-electron chi connectivity index (χ4n) is 3.55. The second-order valence-corrected chi connectivity index (χ2v) is 9.76. The molecule has 0 spiro atoms. The van der Waals surface area contributed by atoms with Crippen LogP contribution in [0.25, 0.3) is 0 Å². The third-order valence-corrected chi connectivity index (χ3v) is 5.90. The Kier molecular flexibility index (Phi) is 7.22. The van der Waals surface area contributed by atoms with Crippen molar-refractivity contribution in [1.29, 1.82) is 0 Å². The van der Waals surface area contributed by atoms with Crippen molar-refractivity contribution in [2.45, 2.75) is 39.3 Å². The molecular formula is C28H27ClFN3O2. The van der Waals surface area contributed by atoms with Crippen molar-refractivity contribution < 1.29 is 13.9 Å². The maximum Gasteiger partial charge on any atom is 0.256 e. The Morgan fingerprint density at radius 1 is 1.06 bits per heavy atom. The first-order valence-corrected chi connectivity index (χ1v) is 11.7. The second-order valence-electron chi connectivity index (χ2n) is 9.35. The summed E-state index contributed by atoms with van der Waals surface area (Å²) in [6.45, 7) is 7.22. The van der Waals surface area contributed by atoms with Crippen LogP contribution in [0.15, 0.2) is 79.0 Å². The van der Waals surface area contributed by atoms with Gasteiger partial charge in [0.25, 0.3) is 5.91 Å². The molecule has 0 radical (unpaired) electrons. The van der Waals surface area contributed by atoms with Crippen LogP contribution in [0.1, 0.15) is 47.8 Å². The highest BCUT2D eigenvalue weighted by Crippen LogP contribution is 2.25. The molecule has 4 rings (SSSR count). The van der Waals surface area contributed by atoms with Crippen molar-refractivity contribution in [3.63, 3.8) is 0 Å². The molecule has 1 N–H and O–H groups in total. The number of hydrogen-bond donors (Lipinski definition) is 1. The zero-order valence-corrected chi connectivity index (χ0v) is 20.6. The fraction of sp³-hybridized carbons (Fsp3) is 0.214. The molecule has 7 heteroatoms. The van der Waals surface area contributed by atoms with Gasteiger partial charge in [0.05, 0.1) is 6.54 Å². The van der Waals surface area contributed by atoms with Crippen LogP contribution in [-0.4, -0.2) is 15.7 Å². The molecule has 180 valence electrons. The van der Waals surface area contributed by atoms with Gasteiger partial charge >= 0.3 is 0 Å². The zero-order valence-electron chi connectivity index (χ0n) is 19.9. The number of carbonyl (C=O) groups is 1. The van der Waals surface area contributed by atoms with Crippen molar-refractivity contribution in [2.75, 3.05) is 5.32 Å². The molecule has 0 saturated carbocycles. The molecular weight excluding hydrogens is 465 g/mol. The molecule has 35 heavy (non-hydrogen) atoms. The van der Waals surface area contributed by atoms with Crippen LogP contribution in [-0.2, 0) is 18.6 Å². The van der Waals surface area contributed by atoms with E-state index >= 15 is 0 Å². The van der Waals surface area contributed by atoms with Crippen LogP contribution in [0.3, 0.4) is 0 Å². The number of benzene rings is 3. The number of halogens is 2. The van der Waals surface area contributed by atoms with Gasteiger partial charge in [-0.25, -0.2) is 4.39 Å². The standard InChI is InChI=1S/C28H27ClFN3O2/c1-28(2,3)22-8-11-24(12-9-22)35-18-19-5-4-6-20(15-19)27(34)31-26-13-14-33(32-26)17-21-7-10-23(30)16-25(21)29/h4-16H,17-18H2,1-3H3,(H,31,32,34). The molecule has 1 heterocycles. The number of amides is 1. The maximum atomic E-state index is 13.2. The highest BCUT2D eigenvalue weighted by Gasteiger charge is 2.13. The number of nitrogens with zero attached hydrogens (tertiary/aromatic N) is 2. The van der Waals surface area contributed by atoms with Gasteiger partial charge in [-0.1, -0.05) is 62.7 Å². The first-order valence-electron chi connectivity index (χ1n) is 11.3. The molecule has 0 fully saturated rings. The van der Waals surface area contributed by atoms with Crippen LogP contribution >= 0.6 is 11.6 Å². The summed E-state index contributed by atoms with van der Waals surface area (Å²) in [6, 6.07) is 21.3. The number of rotatable bonds is 7. The van der Waals surface area contributed by atoms with E-state index in [2.05, 4.69) is 43.3 Å². The van der Waals surface area contributed by atoms with E-state index < -0.39 is 5.82 Å². The van der Waals surface area contributed by atoms with Gasteiger partial charge in [0.1, 0.15) is 18.2 Å². The molecule has 1 aromatic heterocycles. The lowest BCUT2D eigenvalue weighted by atomic mass is 9.87. The number of ether oxygens (including phenoxy) is 1. The van der Waals surface area contributed by atoms with Crippen molar-refractivity contribution >= 4 is 23.3 Å². The van der Waals surface area contributed by atoms with Crippen molar-refractivity contribution in [1.82, 2.24) is 9.78 Å². The number of carbonyl (C=O) groups excluding carboxylic acids is 1. The van der Waals surface area contributed by atoms with Gasteiger partial charge in [-0.2, -0.15) is 5.10 Å². The van der Waals surface area contributed by atoms with Crippen molar-refractivity contribution in [2.24, 2.45) is 0 Å². The molecule has 1 amide bonds. The van der Waals surface area contributed by atoms with E-state index in [0.29, 0.717) is 29.6 Å². The highest BCUT2D eigenvalue weighted by atomic mass is 35.5. The molecule has 4 aromatic rings. The Hall–Kier alpha value is -3.64. The quantitative estimate of drug-likeness (QED) is 0.307. The van der Waals surface area contributed by atoms with Crippen LogP contribution in [0.4, 0.5) is 10.2 Å². The monoisotopic (exact) mass is 491 g/mol. The summed E-state index contributed by atoms with van der Waals surface area (Å²) in [4.78, 5) is 12.8. The van der Waals surface area contributed by atoms with Crippen molar-refractivity contribution in [3.05, 3.63) is 112 Å². The van der Waals surface area contributed by atoms with E-state index in [9.17, 15) is 9.18 Å². The maximum absolute atomic E-state index is 13.2. The van der Waals surface area contributed by atoms with Gasteiger partial charge in [0.15, 0.2) is 5.82 Å². The predicted octanol–water partition coefficient (Wildman–Crippen LogP) is 6.85. The summed E-state index contributed by atoms with van der Waals surface area (Å²) in [5, 5.41) is 7.50. The normalized spacial score (nSPS) is 11.3. The summed E-state index contributed by atoms with van der Waals surface area (Å²) >= 11 is 6.09. The summed E-state index contributed by atoms with van der Waals surface area (Å²) in [5.74, 6) is 0.526. The molecule has 0 aliphatic heterocycles. The topological polar surface area (TPSA) is 56.1 Å². The Balaban J connectivity index is 1.36. The molecule has 3 aromatic carbocycles. The molecule has 5 nitrogen and oxygen atoms in total. The second kappa shape index (κ2) is 10.3. The molecule has 0 saturated heterocycles. The third-order valence-electron chi connectivity index (χ3n) is 5.54. The van der Waals surface area contributed by atoms with E-state index in [0.717, 1.165) is 16.9 Å². The Labute approximate surface area is 209 Å². The average molecular weight is 492 g/mol. The fourth-order valence-corrected chi connectivity index (χ4v) is 3.78. The van der Waals surface area contributed by atoms with Crippen molar-refractivity contribution in [3.8, 4) is 5.75 Å². The largest absolute Gasteiger partial charge is 0.489 e. The van der Waals surface area contributed by atoms with E-state index in [1.807, 2.05) is 24.3 Å². The minimum Gasteiger partial charge on any atom is -0.489 e. The lowest BCUT2D eigenvalue weighted by Crippen LogP contribution is -2.13. The van der Waals surface area contributed by atoms with Gasteiger partial charge in [-0.3, -0.25) is 9.48 Å². The third kappa shape index (κ3) is 6.49. The molecule has 0 bridgehead atoms.